The summed E-state index contributed by atoms with van der Waals surface area (Å²) in [4.78, 5) is 18.1. The van der Waals surface area contributed by atoms with Crippen molar-refractivity contribution >= 4 is 32.2 Å². The quantitative estimate of drug-likeness (QED) is 0.424. The second-order valence-corrected chi connectivity index (χ2v) is 10.2. The highest BCUT2D eigenvalue weighted by atomic mass is 32.2. The molecule has 1 N–H and O–H groups in total. The van der Waals surface area contributed by atoms with Crippen LogP contribution in [-0.4, -0.2) is 25.6 Å². The molecule has 5 nitrogen and oxygen atoms in total. The number of nitrogens with one attached hydrogen (secondary N) is 1. The molecule has 32 heavy (non-hydrogen) atoms. The van der Waals surface area contributed by atoms with Crippen molar-refractivity contribution in [3.8, 4) is 21.7 Å². The fourth-order valence-electron chi connectivity index (χ4n) is 3.17. The molecular formula is C24H19FN2O3S2. The molecule has 1 aromatic heterocycles. The second kappa shape index (κ2) is 9.02. The Morgan fingerprint density at radius 1 is 0.938 bits per heavy atom. The predicted octanol–water partition coefficient (Wildman–Crippen LogP) is 5.20. The second-order valence-electron chi connectivity index (χ2n) is 7.21. The van der Waals surface area contributed by atoms with Crippen molar-refractivity contribution in [2.75, 3.05) is 11.6 Å². The van der Waals surface area contributed by atoms with Gasteiger partial charge in [0.25, 0.3) is 0 Å². The maximum Gasteiger partial charge on any atom is 0.230 e. The topological polar surface area (TPSA) is 76.1 Å². The highest BCUT2D eigenvalue weighted by Gasteiger charge is 2.18. The van der Waals surface area contributed by atoms with Gasteiger partial charge in [0, 0.05) is 11.8 Å². The Labute approximate surface area is 189 Å². The molecule has 8 heteroatoms. The lowest BCUT2D eigenvalue weighted by Crippen LogP contribution is -2.14. The van der Waals surface area contributed by atoms with Gasteiger partial charge in [0.05, 0.1) is 21.9 Å². The van der Waals surface area contributed by atoms with E-state index in [9.17, 15) is 17.6 Å². The summed E-state index contributed by atoms with van der Waals surface area (Å²) in [5.74, 6) is -0.553. The third-order valence-corrected chi connectivity index (χ3v) is 6.89. The molecule has 1 heterocycles. The van der Waals surface area contributed by atoms with Gasteiger partial charge in [0.15, 0.2) is 15.0 Å². The van der Waals surface area contributed by atoms with Gasteiger partial charge in [-0.25, -0.2) is 17.8 Å². The van der Waals surface area contributed by atoms with Crippen molar-refractivity contribution in [2.24, 2.45) is 0 Å². The summed E-state index contributed by atoms with van der Waals surface area (Å²) in [6.45, 7) is 0. The number of anilines is 1. The predicted molar refractivity (Wildman–Crippen MR) is 125 cm³/mol. The smallest absolute Gasteiger partial charge is 0.230 e. The maximum absolute atomic E-state index is 13.4. The molecule has 0 spiro atoms. The van der Waals surface area contributed by atoms with Crippen molar-refractivity contribution < 1.29 is 17.6 Å². The van der Waals surface area contributed by atoms with Crippen LogP contribution in [0, 0.1) is 5.82 Å². The summed E-state index contributed by atoms with van der Waals surface area (Å²) in [7, 11) is -3.33. The number of carbonyl (C=O) groups excluding carboxylic acids is 1. The molecule has 0 aliphatic carbocycles. The molecule has 0 bridgehead atoms. The third-order valence-electron chi connectivity index (χ3n) is 4.74. The molecule has 0 atom stereocenters. The van der Waals surface area contributed by atoms with Crippen molar-refractivity contribution in [1.82, 2.24) is 4.98 Å². The van der Waals surface area contributed by atoms with Crippen molar-refractivity contribution in [3.63, 3.8) is 0 Å². The minimum absolute atomic E-state index is 0.199. The van der Waals surface area contributed by atoms with E-state index >= 15 is 0 Å². The van der Waals surface area contributed by atoms with Gasteiger partial charge < -0.3 is 5.32 Å². The average molecular weight is 467 g/mol. The summed E-state index contributed by atoms with van der Waals surface area (Å²) in [6.07, 6.45) is 1.36. The van der Waals surface area contributed by atoms with Crippen LogP contribution in [0.5, 0.6) is 0 Å². The summed E-state index contributed by atoms with van der Waals surface area (Å²) in [6, 6.07) is 21.8. The fraction of sp³-hybridized carbons (Fsp3) is 0.0833. The van der Waals surface area contributed by atoms with E-state index in [2.05, 4.69) is 10.3 Å². The lowest BCUT2D eigenvalue weighted by atomic mass is 10.1. The van der Waals surface area contributed by atoms with E-state index < -0.39 is 9.84 Å². The van der Waals surface area contributed by atoms with Gasteiger partial charge >= 0.3 is 0 Å². The zero-order chi connectivity index (χ0) is 22.7. The van der Waals surface area contributed by atoms with Crippen LogP contribution in [0.2, 0.25) is 0 Å². The molecule has 4 aromatic rings. The summed E-state index contributed by atoms with van der Waals surface area (Å²) >= 11 is 1.28. The van der Waals surface area contributed by atoms with Gasteiger partial charge in [-0.3, -0.25) is 4.79 Å². The van der Waals surface area contributed by atoms with Gasteiger partial charge in [-0.15, -0.1) is 0 Å². The van der Waals surface area contributed by atoms with Crippen molar-refractivity contribution in [1.29, 1.82) is 0 Å². The Bertz CT molecular complexity index is 1350. The summed E-state index contributed by atoms with van der Waals surface area (Å²) in [5, 5.41) is 3.25. The Morgan fingerprint density at radius 3 is 2.19 bits per heavy atom. The average Bonchev–Trinajstić information content (AvgIpc) is 3.18. The monoisotopic (exact) mass is 466 g/mol. The first-order valence-corrected chi connectivity index (χ1v) is 12.4. The van der Waals surface area contributed by atoms with E-state index in [-0.39, 0.29) is 23.0 Å². The Balaban J connectivity index is 1.68. The zero-order valence-corrected chi connectivity index (χ0v) is 18.7. The van der Waals surface area contributed by atoms with Crippen LogP contribution in [-0.2, 0) is 21.1 Å². The van der Waals surface area contributed by atoms with Gasteiger partial charge in [-0.05, 0) is 35.4 Å². The largest absolute Gasteiger partial charge is 0.302 e. The van der Waals surface area contributed by atoms with Crippen LogP contribution in [0.1, 0.15) is 5.56 Å². The minimum atomic E-state index is -3.33. The molecule has 4 rings (SSSR count). The van der Waals surface area contributed by atoms with Crippen LogP contribution in [0.4, 0.5) is 9.52 Å². The van der Waals surface area contributed by atoms with Crippen LogP contribution in [0.25, 0.3) is 21.7 Å². The molecule has 0 saturated heterocycles. The first-order chi connectivity index (χ1) is 15.3. The van der Waals surface area contributed by atoms with E-state index in [1.165, 1.54) is 35.6 Å². The fourth-order valence-corrected chi connectivity index (χ4v) is 4.81. The number of halogens is 1. The van der Waals surface area contributed by atoms with Gasteiger partial charge in [0.1, 0.15) is 5.82 Å². The number of benzene rings is 3. The SMILES string of the molecule is CS(=O)(=O)c1ccc(-c2nc(NC(=O)Cc3ccccc3)sc2-c2ccc(F)cc2)cc1. The minimum Gasteiger partial charge on any atom is -0.302 e. The van der Waals surface area contributed by atoms with E-state index in [1.807, 2.05) is 30.3 Å². The Morgan fingerprint density at radius 2 is 1.56 bits per heavy atom. The molecular weight excluding hydrogens is 447 g/mol. The van der Waals surface area contributed by atoms with E-state index in [1.54, 1.807) is 24.3 Å². The first kappa shape index (κ1) is 21.9. The highest BCUT2D eigenvalue weighted by Crippen LogP contribution is 2.39. The lowest BCUT2D eigenvalue weighted by Gasteiger charge is -2.04. The number of thiazole rings is 1. The van der Waals surface area contributed by atoms with Crippen LogP contribution in [0.3, 0.4) is 0 Å². The van der Waals surface area contributed by atoms with Crippen molar-refractivity contribution in [2.45, 2.75) is 11.3 Å². The number of sulfone groups is 1. The number of nitrogens with zero attached hydrogens (tertiary/aromatic N) is 1. The van der Waals surface area contributed by atoms with E-state index in [0.717, 1.165) is 22.3 Å². The van der Waals surface area contributed by atoms with Gasteiger partial charge in [-0.2, -0.15) is 0 Å². The van der Waals surface area contributed by atoms with Gasteiger partial charge in [-0.1, -0.05) is 65.9 Å². The van der Waals surface area contributed by atoms with Crippen LogP contribution in [0.15, 0.2) is 83.8 Å². The number of rotatable bonds is 6. The Hall–Kier alpha value is -3.36. The highest BCUT2D eigenvalue weighted by molar-refractivity contribution is 7.90. The van der Waals surface area contributed by atoms with Crippen molar-refractivity contribution in [3.05, 3.63) is 90.2 Å². The van der Waals surface area contributed by atoms with Crippen LogP contribution < -0.4 is 5.32 Å². The first-order valence-electron chi connectivity index (χ1n) is 9.70. The third kappa shape index (κ3) is 5.09. The molecule has 0 radical (unpaired) electrons. The molecule has 0 saturated carbocycles. The molecule has 3 aromatic carbocycles. The lowest BCUT2D eigenvalue weighted by molar-refractivity contribution is -0.115. The number of amides is 1. The maximum atomic E-state index is 13.4. The number of carbonyl (C=O) groups is 1. The normalized spacial score (nSPS) is 11.3. The van der Waals surface area contributed by atoms with E-state index in [4.69, 9.17) is 0 Å². The zero-order valence-electron chi connectivity index (χ0n) is 17.1. The molecule has 1 amide bonds. The molecule has 0 fully saturated rings. The summed E-state index contributed by atoms with van der Waals surface area (Å²) in [5.41, 5.74) is 2.90. The molecule has 0 unspecified atom stereocenters. The standard InChI is InChI=1S/C24H19FN2O3S2/c1-32(29,30)20-13-9-17(10-14-20)22-23(18-7-11-19(25)12-8-18)31-24(27-22)26-21(28)15-16-5-3-2-4-6-16/h2-14H,15H2,1H3,(H,26,27,28). The number of aromatic nitrogens is 1. The van der Waals surface area contributed by atoms with E-state index in [0.29, 0.717) is 16.4 Å². The molecule has 0 aliphatic rings. The molecule has 0 aliphatic heterocycles. The molecule has 162 valence electrons. The number of hydrogen-bond donors (Lipinski definition) is 1. The van der Waals surface area contributed by atoms with Crippen LogP contribution >= 0.6 is 11.3 Å². The number of hydrogen-bond acceptors (Lipinski definition) is 5. The Kier molecular flexibility index (Phi) is 6.16. The summed E-state index contributed by atoms with van der Waals surface area (Å²) < 4.78 is 37.0. The van der Waals surface area contributed by atoms with Gasteiger partial charge in [0.2, 0.25) is 5.91 Å².